The van der Waals surface area contributed by atoms with Crippen LogP contribution in [0.2, 0.25) is 0 Å². The van der Waals surface area contributed by atoms with Crippen LogP contribution in [-0.4, -0.2) is 11.4 Å². The van der Waals surface area contributed by atoms with Crippen molar-refractivity contribution in [3.05, 3.63) is 63.6 Å². The summed E-state index contributed by atoms with van der Waals surface area (Å²) in [7, 11) is 0. The molecule has 3 rings (SSSR count). The van der Waals surface area contributed by atoms with Crippen LogP contribution in [0.4, 0.5) is 5.69 Å². The first kappa shape index (κ1) is 12.7. The number of nitrogen functional groups attached to an aromatic ring is 1. The van der Waals surface area contributed by atoms with Crippen molar-refractivity contribution in [3.8, 4) is 0 Å². The summed E-state index contributed by atoms with van der Waals surface area (Å²) in [6.45, 7) is 3.05. The number of nitrogens with two attached hydrogens (primary N) is 1. The number of hydrogen-bond donors (Lipinski definition) is 1. The first-order valence-corrected chi connectivity index (χ1v) is 7.35. The van der Waals surface area contributed by atoms with E-state index in [0.717, 1.165) is 36.2 Å². The van der Waals surface area contributed by atoms with Crippen molar-refractivity contribution in [3.63, 3.8) is 0 Å². The molecule has 1 aliphatic heterocycles. The van der Waals surface area contributed by atoms with Gasteiger partial charge < -0.3 is 5.73 Å². The molecular weight excluding hydrogens is 300 g/mol. The number of fused-ring (bicyclic) bond motifs is 1. The molecule has 0 aromatic heterocycles. The number of hydrogen-bond acceptors (Lipinski definition) is 2. The lowest BCUT2D eigenvalue weighted by molar-refractivity contribution is 0.246. The molecule has 1 aliphatic rings. The summed E-state index contributed by atoms with van der Waals surface area (Å²) in [5.41, 5.74) is 11.1. The molecule has 98 valence electrons. The molecule has 0 spiro atoms. The summed E-state index contributed by atoms with van der Waals surface area (Å²) in [5.74, 6) is 0. The minimum absolute atomic E-state index is 0.869. The van der Waals surface area contributed by atoms with Crippen LogP contribution >= 0.6 is 15.9 Å². The summed E-state index contributed by atoms with van der Waals surface area (Å²) in [6.07, 6.45) is 1.13. The minimum Gasteiger partial charge on any atom is -0.398 e. The van der Waals surface area contributed by atoms with Gasteiger partial charge >= 0.3 is 0 Å². The zero-order valence-corrected chi connectivity index (χ0v) is 12.4. The second kappa shape index (κ2) is 5.35. The third-order valence-corrected chi connectivity index (χ3v) is 4.20. The zero-order chi connectivity index (χ0) is 13.2. The Bertz CT molecular complexity index is 595. The molecule has 0 radical (unpaired) electrons. The van der Waals surface area contributed by atoms with E-state index in [0.29, 0.717) is 0 Å². The molecule has 2 aromatic rings. The Morgan fingerprint density at radius 2 is 1.89 bits per heavy atom. The Morgan fingerprint density at radius 1 is 1.11 bits per heavy atom. The van der Waals surface area contributed by atoms with Gasteiger partial charge in [0.05, 0.1) is 0 Å². The van der Waals surface area contributed by atoms with Crippen molar-refractivity contribution >= 4 is 21.6 Å². The summed E-state index contributed by atoms with van der Waals surface area (Å²) in [5, 5.41) is 0. The van der Waals surface area contributed by atoms with Crippen molar-refractivity contribution < 1.29 is 0 Å². The van der Waals surface area contributed by atoms with E-state index in [1.807, 2.05) is 6.07 Å². The second-order valence-corrected chi connectivity index (χ2v) is 5.99. The summed E-state index contributed by atoms with van der Waals surface area (Å²) < 4.78 is 1.04. The standard InChI is InChI=1S/C16H17BrN2/c17-15-6-5-14(16(18)9-15)11-19-8-7-12-3-1-2-4-13(12)10-19/h1-6,9H,7-8,10-11,18H2. The lowest BCUT2D eigenvalue weighted by atomic mass is 9.99. The minimum atomic E-state index is 0.869. The van der Waals surface area contributed by atoms with Crippen molar-refractivity contribution in [2.75, 3.05) is 12.3 Å². The predicted molar refractivity (Wildman–Crippen MR) is 82.8 cm³/mol. The number of anilines is 1. The van der Waals surface area contributed by atoms with Crippen LogP contribution in [-0.2, 0) is 19.5 Å². The normalized spacial score (nSPS) is 15.2. The van der Waals surface area contributed by atoms with Gasteiger partial charge in [-0.2, -0.15) is 0 Å². The molecule has 0 atom stereocenters. The van der Waals surface area contributed by atoms with E-state index in [-0.39, 0.29) is 0 Å². The highest BCUT2D eigenvalue weighted by Crippen LogP contribution is 2.24. The molecule has 0 amide bonds. The smallest absolute Gasteiger partial charge is 0.0371 e. The average molecular weight is 317 g/mol. The Kier molecular flexibility index (Phi) is 3.58. The third-order valence-electron chi connectivity index (χ3n) is 3.71. The van der Waals surface area contributed by atoms with Gasteiger partial charge in [0.15, 0.2) is 0 Å². The first-order valence-electron chi connectivity index (χ1n) is 6.55. The summed E-state index contributed by atoms with van der Waals surface area (Å²) in [4.78, 5) is 2.46. The van der Waals surface area contributed by atoms with E-state index in [1.165, 1.54) is 16.7 Å². The molecule has 3 heteroatoms. The lowest BCUT2D eigenvalue weighted by Gasteiger charge is -2.29. The van der Waals surface area contributed by atoms with Crippen molar-refractivity contribution in [2.24, 2.45) is 0 Å². The topological polar surface area (TPSA) is 29.3 Å². The van der Waals surface area contributed by atoms with E-state index >= 15 is 0 Å². The van der Waals surface area contributed by atoms with E-state index in [4.69, 9.17) is 5.73 Å². The monoisotopic (exact) mass is 316 g/mol. The van der Waals surface area contributed by atoms with Gasteiger partial charge in [-0.05, 0) is 35.2 Å². The Labute approximate surface area is 122 Å². The maximum absolute atomic E-state index is 6.08. The van der Waals surface area contributed by atoms with Gasteiger partial charge in [0.25, 0.3) is 0 Å². The fraction of sp³-hybridized carbons (Fsp3) is 0.250. The van der Waals surface area contributed by atoms with Crippen LogP contribution in [0.1, 0.15) is 16.7 Å². The Balaban J connectivity index is 1.75. The van der Waals surface area contributed by atoms with Gasteiger partial charge in [-0.15, -0.1) is 0 Å². The van der Waals surface area contributed by atoms with E-state index < -0.39 is 0 Å². The van der Waals surface area contributed by atoms with Gasteiger partial charge in [0.1, 0.15) is 0 Å². The molecular formula is C16H17BrN2. The van der Waals surface area contributed by atoms with Gasteiger partial charge in [0, 0.05) is 29.8 Å². The molecule has 2 nitrogen and oxygen atoms in total. The Morgan fingerprint density at radius 3 is 2.68 bits per heavy atom. The quantitative estimate of drug-likeness (QED) is 0.858. The van der Waals surface area contributed by atoms with E-state index in [1.54, 1.807) is 0 Å². The van der Waals surface area contributed by atoms with E-state index in [2.05, 4.69) is 57.2 Å². The second-order valence-electron chi connectivity index (χ2n) is 5.07. The van der Waals surface area contributed by atoms with Gasteiger partial charge in [0.2, 0.25) is 0 Å². The van der Waals surface area contributed by atoms with Crippen LogP contribution in [0, 0.1) is 0 Å². The molecule has 19 heavy (non-hydrogen) atoms. The van der Waals surface area contributed by atoms with Crippen molar-refractivity contribution in [2.45, 2.75) is 19.5 Å². The predicted octanol–water partition coefficient (Wildman–Crippen LogP) is 3.59. The van der Waals surface area contributed by atoms with Crippen LogP contribution in [0.5, 0.6) is 0 Å². The van der Waals surface area contributed by atoms with Crippen LogP contribution in [0.25, 0.3) is 0 Å². The van der Waals surface area contributed by atoms with Crippen LogP contribution in [0.15, 0.2) is 46.9 Å². The molecule has 0 unspecified atom stereocenters. The zero-order valence-electron chi connectivity index (χ0n) is 10.8. The SMILES string of the molecule is Nc1cc(Br)ccc1CN1CCc2ccccc2C1. The maximum atomic E-state index is 6.08. The lowest BCUT2D eigenvalue weighted by Crippen LogP contribution is -2.30. The molecule has 0 saturated heterocycles. The van der Waals surface area contributed by atoms with Gasteiger partial charge in [-0.25, -0.2) is 0 Å². The third kappa shape index (κ3) is 2.82. The molecule has 0 aliphatic carbocycles. The maximum Gasteiger partial charge on any atom is 0.0371 e. The summed E-state index contributed by atoms with van der Waals surface area (Å²) in [6, 6.07) is 14.9. The fourth-order valence-corrected chi connectivity index (χ4v) is 3.02. The number of rotatable bonds is 2. The highest BCUT2D eigenvalue weighted by atomic mass is 79.9. The largest absolute Gasteiger partial charge is 0.398 e. The number of benzene rings is 2. The van der Waals surface area contributed by atoms with E-state index in [9.17, 15) is 0 Å². The van der Waals surface area contributed by atoms with Crippen LogP contribution in [0.3, 0.4) is 0 Å². The number of nitrogens with zero attached hydrogens (tertiary/aromatic N) is 1. The molecule has 1 heterocycles. The molecule has 0 fully saturated rings. The average Bonchev–Trinajstić information content (AvgIpc) is 2.42. The van der Waals surface area contributed by atoms with Gasteiger partial charge in [-0.1, -0.05) is 46.3 Å². The molecule has 2 N–H and O–H groups in total. The molecule has 0 bridgehead atoms. The first-order chi connectivity index (χ1) is 9.22. The van der Waals surface area contributed by atoms with Crippen molar-refractivity contribution in [1.29, 1.82) is 0 Å². The molecule has 0 saturated carbocycles. The van der Waals surface area contributed by atoms with Crippen LogP contribution < -0.4 is 5.73 Å². The van der Waals surface area contributed by atoms with Gasteiger partial charge in [-0.3, -0.25) is 4.90 Å². The fourth-order valence-electron chi connectivity index (χ4n) is 2.64. The highest BCUT2D eigenvalue weighted by Gasteiger charge is 2.16. The summed E-state index contributed by atoms with van der Waals surface area (Å²) >= 11 is 3.45. The Hall–Kier alpha value is -1.32. The highest BCUT2D eigenvalue weighted by molar-refractivity contribution is 9.10. The molecule has 2 aromatic carbocycles. The van der Waals surface area contributed by atoms with Crippen molar-refractivity contribution in [1.82, 2.24) is 4.90 Å². The number of halogens is 1.